The number of methoxy groups -OCH3 is 1. The summed E-state index contributed by atoms with van der Waals surface area (Å²) in [6, 6.07) is 9.17. The first-order chi connectivity index (χ1) is 8.72. The van der Waals surface area contributed by atoms with Crippen LogP contribution in [0.2, 0.25) is 0 Å². The highest BCUT2D eigenvalue weighted by Gasteiger charge is 2.04. The van der Waals surface area contributed by atoms with Crippen LogP contribution >= 0.6 is 0 Å². The summed E-state index contributed by atoms with van der Waals surface area (Å²) in [4.78, 5) is 11.4. The van der Waals surface area contributed by atoms with Crippen molar-refractivity contribution in [2.75, 3.05) is 26.9 Å². The molecule has 0 bridgehead atoms. The van der Waals surface area contributed by atoms with Gasteiger partial charge >= 0.3 is 0 Å². The lowest BCUT2D eigenvalue weighted by molar-refractivity contribution is -0.123. The minimum atomic E-state index is -0.150. The molecule has 1 amide bonds. The van der Waals surface area contributed by atoms with E-state index < -0.39 is 0 Å². The Morgan fingerprint density at radius 2 is 2.11 bits per heavy atom. The number of ether oxygens (including phenoxy) is 2. The van der Waals surface area contributed by atoms with Crippen LogP contribution in [0, 0.1) is 0 Å². The fourth-order valence-electron chi connectivity index (χ4n) is 1.41. The number of para-hydroxylation sites is 1. The Morgan fingerprint density at radius 1 is 1.39 bits per heavy atom. The van der Waals surface area contributed by atoms with Gasteiger partial charge in [0.25, 0.3) is 5.91 Å². The molecule has 1 aromatic carbocycles. The van der Waals surface area contributed by atoms with Gasteiger partial charge in [-0.25, -0.2) is 0 Å². The van der Waals surface area contributed by atoms with E-state index in [-0.39, 0.29) is 18.6 Å². The number of hydrogen-bond donors (Lipinski definition) is 2. The quantitative estimate of drug-likeness (QED) is 0.708. The van der Waals surface area contributed by atoms with Gasteiger partial charge < -0.3 is 20.5 Å². The molecule has 0 aromatic heterocycles. The number of nitrogens with two attached hydrogens (primary N) is 1. The molecule has 0 aliphatic carbocycles. The fourth-order valence-corrected chi connectivity index (χ4v) is 1.41. The normalized spacial score (nSPS) is 11.9. The van der Waals surface area contributed by atoms with Crippen LogP contribution in [0.3, 0.4) is 0 Å². The molecule has 5 nitrogen and oxygen atoms in total. The van der Waals surface area contributed by atoms with Gasteiger partial charge in [0.15, 0.2) is 6.61 Å². The molecule has 1 aromatic rings. The lowest BCUT2D eigenvalue weighted by Crippen LogP contribution is -2.35. The van der Waals surface area contributed by atoms with Crippen LogP contribution < -0.4 is 15.8 Å². The molecule has 0 fully saturated rings. The van der Waals surface area contributed by atoms with Crippen LogP contribution in [0.1, 0.15) is 6.42 Å². The number of carbonyl (C=O) groups is 1. The Bertz CT molecular complexity index is 343. The summed E-state index contributed by atoms with van der Waals surface area (Å²) in [6.07, 6.45) is 0.685. The molecule has 1 unspecified atom stereocenters. The van der Waals surface area contributed by atoms with Gasteiger partial charge in [0.1, 0.15) is 5.75 Å². The van der Waals surface area contributed by atoms with Gasteiger partial charge in [-0.3, -0.25) is 4.79 Å². The topological polar surface area (TPSA) is 73.6 Å². The van der Waals surface area contributed by atoms with E-state index in [1.807, 2.05) is 30.3 Å². The number of benzene rings is 1. The van der Waals surface area contributed by atoms with Gasteiger partial charge in [-0.2, -0.15) is 0 Å². The zero-order chi connectivity index (χ0) is 13.2. The molecule has 5 heteroatoms. The van der Waals surface area contributed by atoms with Crippen LogP contribution in [0.25, 0.3) is 0 Å². The zero-order valence-electron chi connectivity index (χ0n) is 10.6. The number of carbonyl (C=O) groups excluding carboxylic acids is 1. The third-order valence-electron chi connectivity index (χ3n) is 2.33. The molecule has 1 rings (SSSR count). The molecule has 0 saturated heterocycles. The summed E-state index contributed by atoms with van der Waals surface area (Å²) in [7, 11) is 1.60. The Morgan fingerprint density at radius 3 is 2.78 bits per heavy atom. The molecule has 0 aliphatic rings. The first-order valence-electron chi connectivity index (χ1n) is 5.91. The van der Waals surface area contributed by atoms with Crippen molar-refractivity contribution >= 4 is 5.91 Å². The molecule has 0 radical (unpaired) electrons. The predicted octanol–water partition coefficient (Wildman–Crippen LogP) is 0.545. The largest absolute Gasteiger partial charge is 0.484 e. The number of nitrogens with one attached hydrogen (secondary N) is 1. The average Bonchev–Trinajstić information content (AvgIpc) is 2.38. The zero-order valence-corrected chi connectivity index (χ0v) is 10.6. The van der Waals surface area contributed by atoms with Crippen LogP contribution in [0.15, 0.2) is 30.3 Å². The summed E-state index contributed by atoms with van der Waals surface area (Å²) in [5.41, 5.74) is 5.73. The molecule has 18 heavy (non-hydrogen) atoms. The van der Waals surface area contributed by atoms with Gasteiger partial charge in [0.2, 0.25) is 0 Å². The van der Waals surface area contributed by atoms with Crippen molar-refractivity contribution in [2.24, 2.45) is 5.73 Å². The Kier molecular flexibility index (Phi) is 6.83. The monoisotopic (exact) mass is 252 g/mol. The molecule has 0 saturated carbocycles. The summed E-state index contributed by atoms with van der Waals surface area (Å²) >= 11 is 0. The van der Waals surface area contributed by atoms with Crippen LogP contribution in [-0.2, 0) is 9.53 Å². The van der Waals surface area contributed by atoms with Gasteiger partial charge in [0.05, 0.1) is 6.61 Å². The maximum Gasteiger partial charge on any atom is 0.257 e. The Labute approximate surface area is 107 Å². The van der Waals surface area contributed by atoms with Gasteiger partial charge in [-0.15, -0.1) is 0 Å². The summed E-state index contributed by atoms with van der Waals surface area (Å²) in [5, 5.41) is 2.74. The highest BCUT2D eigenvalue weighted by Crippen LogP contribution is 2.07. The number of amides is 1. The first-order valence-corrected chi connectivity index (χ1v) is 5.91. The lowest BCUT2D eigenvalue weighted by atomic mass is 10.2. The number of rotatable bonds is 8. The molecular formula is C13H20N2O3. The minimum absolute atomic E-state index is 0.0174. The van der Waals surface area contributed by atoms with Crippen LogP contribution in [0.5, 0.6) is 5.75 Å². The van der Waals surface area contributed by atoms with E-state index >= 15 is 0 Å². The average molecular weight is 252 g/mol. The van der Waals surface area contributed by atoms with Crippen molar-refractivity contribution in [3.63, 3.8) is 0 Å². The smallest absolute Gasteiger partial charge is 0.257 e. The van der Waals surface area contributed by atoms with Crippen molar-refractivity contribution in [2.45, 2.75) is 12.5 Å². The summed E-state index contributed by atoms with van der Waals surface area (Å²) in [5.74, 6) is 0.534. The second-order valence-electron chi connectivity index (χ2n) is 3.96. The predicted molar refractivity (Wildman–Crippen MR) is 69.4 cm³/mol. The Balaban J connectivity index is 2.11. The molecule has 0 heterocycles. The maximum atomic E-state index is 11.4. The van der Waals surface area contributed by atoms with E-state index in [1.165, 1.54) is 0 Å². The molecule has 3 N–H and O–H groups in total. The number of hydrogen-bond acceptors (Lipinski definition) is 4. The van der Waals surface area contributed by atoms with E-state index in [9.17, 15) is 4.79 Å². The molecule has 0 spiro atoms. The van der Waals surface area contributed by atoms with Crippen molar-refractivity contribution in [1.29, 1.82) is 0 Å². The van der Waals surface area contributed by atoms with Crippen molar-refractivity contribution in [1.82, 2.24) is 5.32 Å². The van der Waals surface area contributed by atoms with E-state index in [0.717, 1.165) is 0 Å². The highest BCUT2D eigenvalue weighted by atomic mass is 16.5. The van der Waals surface area contributed by atoms with Gasteiger partial charge in [-0.1, -0.05) is 18.2 Å². The molecule has 0 aliphatic heterocycles. The van der Waals surface area contributed by atoms with Crippen LogP contribution in [-0.4, -0.2) is 38.8 Å². The van der Waals surface area contributed by atoms with E-state index in [0.29, 0.717) is 25.3 Å². The third kappa shape index (κ3) is 6.22. The summed E-state index contributed by atoms with van der Waals surface area (Å²) < 4.78 is 10.2. The minimum Gasteiger partial charge on any atom is -0.484 e. The second-order valence-corrected chi connectivity index (χ2v) is 3.96. The molecular weight excluding hydrogens is 232 g/mol. The van der Waals surface area contributed by atoms with Crippen molar-refractivity contribution < 1.29 is 14.3 Å². The van der Waals surface area contributed by atoms with Crippen molar-refractivity contribution in [3.05, 3.63) is 30.3 Å². The highest BCUT2D eigenvalue weighted by molar-refractivity contribution is 5.77. The molecule has 100 valence electrons. The lowest BCUT2D eigenvalue weighted by Gasteiger charge is -2.11. The van der Waals surface area contributed by atoms with Gasteiger partial charge in [-0.05, 0) is 18.6 Å². The summed E-state index contributed by atoms with van der Waals surface area (Å²) in [6.45, 7) is 1.04. The molecule has 1 atom stereocenters. The maximum absolute atomic E-state index is 11.4. The van der Waals surface area contributed by atoms with Crippen molar-refractivity contribution in [3.8, 4) is 5.75 Å². The standard InChI is InChI=1S/C13H20N2O3/c1-17-9-11(14)7-8-15-13(16)10-18-12-5-3-2-4-6-12/h2-6,11H,7-10,14H2,1H3,(H,15,16). The van der Waals surface area contributed by atoms with E-state index in [2.05, 4.69) is 5.32 Å². The Hall–Kier alpha value is -1.59. The second kappa shape index (κ2) is 8.49. The third-order valence-corrected chi connectivity index (χ3v) is 2.33. The van der Waals surface area contributed by atoms with E-state index in [1.54, 1.807) is 7.11 Å². The van der Waals surface area contributed by atoms with Crippen LogP contribution in [0.4, 0.5) is 0 Å². The first kappa shape index (κ1) is 14.5. The SMILES string of the molecule is COCC(N)CCNC(=O)COc1ccccc1. The van der Waals surface area contributed by atoms with E-state index in [4.69, 9.17) is 15.2 Å². The van der Waals surface area contributed by atoms with Gasteiger partial charge in [0, 0.05) is 19.7 Å². The fraction of sp³-hybridized carbons (Fsp3) is 0.462.